The summed E-state index contributed by atoms with van der Waals surface area (Å²) in [5.74, 6) is 0. The molecule has 1 spiro atoms. The third-order valence-electron chi connectivity index (χ3n) is 7.84. The maximum Gasteiger partial charge on any atom is 0.0495 e. The second-order valence-corrected chi connectivity index (χ2v) is 9.28. The van der Waals surface area contributed by atoms with Gasteiger partial charge in [-0.05, 0) is 84.3 Å². The summed E-state index contributed by atoms with van der Waals surface area (Å²) >= 11 is 0. The third kappa shape index (κ3) is 4.58. The van der Waals surface area contributed by atoms with Gasteiger partial charge in [0, 0.05) is 34.3 Å². The van der Waals surface area contributed by atoms with Crippen LogP contribution in [0.2, 0.25) is 0 Å². The lowest BCUT2D eigenvalue weighted by molar-refractivity contribution is 0.550. The van der Waals surface area contributed by atoms with Crippen LogP contribution < -0.4 is 0 Å². The quantitative estimate of drug-likeness (QED) is 0.245. The predicted octanol–water partition coefficient (Wildman–Crippen LogP) is 11.2. The van der Waals surface area contributed by atoms with Crippen LogP contribution in [-0.2, 0) is 12.5 Å². The summed E-state index contributed by atoms with van der Waals surface area (Å²) < 4.78 is 2.38. The van der Waals surface area contributed by atoms with Gasteiger partial charge in [-0.25, -0.2) is 0 Å². The number of hydrogen-bond donors (Lipinski definition) is 0. The molecule has 0 unspecified atom stereocenters. The molecule has 1 aromatic heterocycles. The van der Waals surface area contributed by atoms with Crippen LogP contribution in [0.15, 0.2) is 72.8 Å². The molecule has 6 rings (SSSR count). The van der Waals surface area contributed by atoms with Crippen LogP contribution in [0.4, 0.5) is 0 Å². The highest BCUT2D eigenvalue weighted by atomic mass is 14.9. The molecular weight excluding hydrogens is 446 g/mol. The van der Waals surface area contributed by atoms with Gasteiger partial charge in [-0.2, -0.15) is 0 Å². The molecule has 0 radical (unpaired) electrons. The van der Waals surface area contributed by atoms with Crippen molar-refractivity contribution in [1.82, 2.24) is 4.57 Å². The smallest absolute Gasteiger partial charge is 0.0495 e. The number of rotatable bonds is 2. The normalized spacial score (nSPS) is 15.0. The Bertz CT molecular complexity index is 1400. The average molecular weight is 494 g/mol. The second kappa shape index (κ2) is 12.5. The molecule has 196 valence electrons. The standard InChI is InChI=1S/C30H29N.3C2H6/c1-4-10-20(5-2)21-13-14-28-24(17-21)25-18-27-23(19-29(25)31(28)3)22-11-6-7-12-26(22)30(27)15-8-9-16-30;3*1-2/h4-7,10-14,17-19H,8-9,15-16H2,1-3H3;3*1-2H3/b10-4-,20-5+;;;. The van der Waals surface area contributed by atoms with E-state index in [4.69, 9.17) is 0 Å². The van der Waals surface area contributed by atoms with Gasteiger partial charge in [0.25, 0.3) is 0 Å². The Hall–Kier alpha value is -3.06. The lowest BCUT2D eigenvalue weighted by atomic mass is 9.76. The molecule has 3 aromatic carbocycles. The maximum absolute atomic E-state index is 2.55. The van der Waals surface area contributed by atoms with Crippen LogP contribution in [0.25, 0.3) is 38.5 Å². The molecule has 0 bridgehead atoms. The van der Waals surface area contributed by atoms with Gasteiger partial charge in [0.05, 0.1) is 0 Å². The van der Waals surface area contributed by atoms with Crippen molar-refractivity contribution in [3.05, 3.63) is 89.5 Å². The van der Waals surface area contributed by atoms with Gasteiger partial charge in [-0.1, -0.05) is 103 Å². The molecule has 0 atom stereocenters. The van der Waals surface area contributed by atoms with E-state index in [0.29, 0.717) is 0 Å². The van der Waals surface area contributed by atoms with Crippen LogP contribution in [0.1, 0.15) is 97.8 Å². The monoisotopic (exact) mass is 493 g/mol. The Kier molecular flexibility index (Phi) is 9.60. The second-order valence-electron chi connectivity index (χ2n) is 9.28. The maximum atomic E-state index is 2.55. The van der Waals surface area contributed by atoms with Gasteiger partial charge in [0.2, 0.25) is 0 Å². The Labute approximate surface area is 225 Å². The Morgan fingerprint density at radius 2 is 1.38 bits per heavy atom. The molecule has 2 aliphatic rings. The van der Waals surface area contributed by atoms with Crippen LogP contribution in [0.3, 0.4) is 0 Å². The number of hydrogen-bond acceptors (Lipinski definition) is 0. The first-order valence-corrected chi connectivity index (χ1v) is 14.6. The third-order valence-corrected chi connectivity index (χ3v) is 7.84. The largest absolute Gasteiger partial charge is 0.344 e. The van der Waals surface area contributed by atoms with Gasteiger partial charge in [0.15, 0.2) is 0 Å². The summed E-state index contributed by atoms with van der Waals surface area (Å²) in [7, 11) is 2.21. The SMILES string of the molecule is C/C=C\C(=C/C)c1ccc2c(c1)c1cc3c(cc1n2C)-c1ccccc1C31CCCC1.CC.CC.CC. The molecular formula is C36H47N. The van der Waals surface area contributed by atoms with Gasteiger partial charge < -0.3 is 4.57 Å². The molecule has 0 aliphatic heterocycles. The molecule has 37 heavy (non-hydrogen) atoms. The molecule has 0 N–H and O–H groups in total. The first-order valence-electron chi connectivity index (χ1n) is 14.6. The molecule has 4 aromatic rings. The minimum Gasteiger partial charge on any atom is -0.344 e. The Morgan fingerprint density at radius 1 is 0.730 bits per heavy atom. The number of allylic oxidation sites excluding steroid dienone is 4. The van der Waals surface area contributed by atoms with E-state index in [1.54, 1.807) is 11.1 Å². The molecule has 1 heterocycles. The van der Waals surface area contributed by atoms with Crippen molar-refractivity contribution >= 4 is 27.4 Å². The van der Waals surface area contributed by atoms with Gasteiger partial charge in [0.1, 0.15) is 0 Å². The van der Waals surface area contributed by atoms with Gasteiger partial charge in [-0.3, -0.25) is 0 Å². The fourth-order valence-electron chi connectivity index (χ4n) is 6.39. The van der Waals surface area contributed by atoms with Crippen molar-refractivity contribution in [2.75, 3.05) is 0 Å². The molecule has 0 amide bonds. The number of benzene rings is 3. The lowest BCUT2D eigenvalue weighted by Crippen LogP contribution is -2.20. The fraction of sp³-hybridized carbons (Fsp3) is 0.389. The highest BCUT2D eigenvalue weighted by Crippen LogP contribution is 2.57. The van der Waals surface area contributed by atoms with Crippen LogP contribution in [0.5, 0.6) is 0 Å². The van der Waals surface area contributed by atoms with Crippen molar-refractivity contribution in [3.8, 4) is 11.1 Å². The number of nitrogens with zero attached hydrogens (tertiary/aromatic N) is 1. The van der Waals surface area contributed by atoms with Gasteiger partial charge >= 0.3 is 0 Å². The van der Waals surface area contributed by atoms with Crippen molar-refractivity contribution in [2.24, 2.45) is 7.05 Å². The highest BCUT2D eigenvalue weighted by molar-refractivity contribution is 6.11. The van der Waals surface area contributed by atoms with Crippen molar-refractivity contribution < 1.29 is 0 Å². The first-order chi connectivity index (χ1) is 18.2. The number of aryl methyl sites for hydroxylation is 1. The highest BCUT2D eigenvalue weighted by Gasteiger charge is 2.45. The zero-order valence-electron chi connectivity index (χ0n) is 24.7. The van der Waals surface area contributed by atoms with E-state index in [1.807, 2.05) is 41.5 Å². The van der Waals surface area contributed by atoms with E-state index in [-0.39, 0.29) is 5.41 Å². The summed E-state index contributed by atoms with van der Waals surface area (Å²) in [6.45, 7) is 16.2. The predicted molar refractivity (Wildman–Crippen MR) is 168 cm³/mol. The summed E-state index contributed by atoms with van der Waals surface area (Å²) in [5.41, 5.74) is 11.5. The van der Waals surface area contributed by atoms with Crippen LogP contribution >= 0.6 is 0 Å². The van der Waals surface area contributed by atoms with Crippen molar-refractivity contribution in [1.29, 1.82) is 0 Å². The molecule has 2 aliphatic carbocycles. The molecule has 1 fully saturated rings. The van der Waals surface area contributed by atoms with E-state index in [1.165, 1.54) is 69.8 Å². The minimum absolute atomic E-state index is 0.222. The van der Waals surface area contributed by atoms with Gasteiger partial charge in [-0.15, -0.1) is 0 Å². The number of aromatic nitrogens is 1. The Balaban J connectivity index is 0.000000593. The summed E-state index contributed by atoms with van der Waals surface area (Å²) in [5, 5.41) is 2.76. The average Bonchev–Trinajstić information content (AvgIpc) is 3.65. The minimum atomic E-state index is 0.222. The fourth-order valence-corrected chi connectivity index (χ4v) is 6.39. The summed E-state index contributed by atoms with van der Waals surface area (Å²) in [6.07, 6.45) is 11.8. The topological polar surface area (TPSA) is 4.93 Å². The zero-order chi connectivity index (χ0) is 27.2. The van der Waals surface area contributed by atoms with E-state index >= 15 is 0 Å². The van der Waals surface area contributed by atoms with Crippen molar-refractivity contribution in [3.63, 3.8) is 0 Å². The van der Waals surface area contributed by atoms with E-state index in [0.717, 1.165) is 0 Å². The zero-order valence-corrected chi connectivity index (χ0v) is 24.7. The molecule has 0 saturated heterocycles. The van der Waals surface area contributed by atoms with E-state index in [9.17, 15) is 0 Å². The summed E-state index contributed by atoms with van der Waals surface area (Å²) in [6, 6.07) is 21.1. The van der Waals surface area contributed by atoms with E-state index < -0.39 is 0 Å². The van der Waals surface area contributed by atoms with Crippen LogP contribution in [-0.4, -0.2) is 4.57 Å². The molecule has 1 heteroatoms. The number of fused-ring (bicyclic) bond motifs is 8. The molecule has 1 saturated carbocycles. The first kappa shape index (κ1) is 28.5. The van der Waals surface area contributed by atoms with Crippen molar-refractivity contribution in [2.45, 2.75) is 86.5 Å². The van der Waals surface area contributed by atoms with Crippen LogP contribution in [0, 0.1) is 0 Å². The lowest BCUT2D eigenvalue weighted by Gasteiger charge is -2.26. The van der Waals surface area contributed by atoms with E-state index in [2.05, 4.69) is 98.3 Å². The summed E-state index contributed by atoms with van der Waals surface area (Å²) in [4.78, 5) is 0. The molecule has 1 nitrogen and oxygen atoms in total. The Morgan fingerprint density at radius 3 is 2.03 bits per heavy atom.